The monoisotopic (exact) mass is 688 g/mol. The van der Waals surface area contributed by atoms with Crippen molar-refractivity contribution in [1.82, 2.24) is 26.2 Å². The number of ether oxygens (including phenoxy) is 1. The minimum atomic E-state index is -3.87. The Morgan fingerprint density at radius 3 is 2.53 bits per heavy atom. The van der Waals surface area contributed by atoms with Gasteiger partial charge in [0, 0.05) is 23.6 Å². The first-order chi connectivity index (χ1) is 23.6. The van der Waals surface area contributed by atoms with Crippen molar-refractivity contribution in [2.45, 2.75) is 49.0 Å². The summed E-state index contributed by atoms with van der Waals surface area (Å²) >= 11 is 0. The van der Waals surface area contributed by atoms with Gasteiger partial charge in [-0.05, 0) is 67.5 Å². The Balaban J connectivity index is 1.16. The summed E-state index contributed by atoms with van der Waals surface area (Å²) in [6.45, 7) is 4.16. The molecule has 5 N–H and O–H groups in total. The fraction of sp³-hybridized carbons (Fsp3) is 0.382. The molecular formula is C34H36N6O8S. The zero-order valence-corrected chi connectivity index (χ0v) is 27.3. The molecule has 49 heavy (non-hydrogen) atoms. The molecule has 0 radical (unpaired) electrons. The number of sulfonamides is 1. The van der Waals surface area contributed by atoms with Crippen LogP contribution in [0.4, 0.5) is 4.79 Å². The lowest BCUT2D eigenvalue weighted by Gasteiger charge is -2.23. The van der Waals surface area contributed by atoms with Gasteiger partial charge in [-0.1, -0.05) is 41.6 Å². The highest BCUT2D eigenvalue weighted by Crippen LogP contribution is 2.46. The van der Waals surface area contributed by atoms with E-state index in [0.29, 0.717) is 24.3 Å². The number of benzene rings is 2. The van der Waals surface area contributed by atoms with Crippen molar-refractivity contribution in [2.75, 3.05) is 13.2 Å². The number of rotatable bonds is 6. The number of nitrogens with one attached hydrogen (secondary N) is 5. The molecule has 2 aromatic rings. The second-order valence-corrected chi connectivity index (χ2v) is 14.9. The third-order valence-corrected chi connectivity index (χ3v) is 11.5. The van der Waals surface area contributed by atoms with Crippen molar-refractivity contribution >= 4 is 39.5 Å². The standard InChI is InChI=1S/C34H36N6O8S/c1-2-19-18-34(19,32(43)40-49(45,46)22-10-11-22)36-30(41)27-16-21-17-28(27)31(42)37-38-33(44)35-13-5-6-14-47-20-9-12-24-23-7-3-4-8-25(23)29(39-48-21)26(24)15-20/h2-9,12,15,19,21-22,27-28H,1,10-11,13-14,16-18H2,(H,36,41)(H,37,42)(H,40,43)(H2,35,38,44)/b6-5+,39-29-/t19-,21-,27-,28-,34-/m1/s1. The topological polar surface area (TPSA) is 193 Å². The maximum absolute atomic E-state index is 13.9. The third kappa shape index (κ3) is 6.37. The van der Waals surface area contributed by atoms with Gasteiger partial charge >= 0.3 is 6.03 Å². The Hall–Kier alpha value is -5.18. The Labute approximate surface area is 282 Å². The lowest BCUT2D eigenvalue weighted by molar-refractivity contribution is -0.136. The number of hydrazine groups is 1. The fourth-order valence-electron chi connectivity index (χ4n) is 6.73. The molecule has 2 aromatic carbocycles. The van der Waals surface area contributed by atoms with E-state index >= 15 is 0 Å². The highest BCUT2D eigenvalue weighted by atomic mass is 32.2. The molecule has 4 aliphatic carbocycles. The number of oxime groups is 1. The van der Waals surface area contributed by atoms with E-state index in [2.05, 4.69) is 37.9 Å². The fourth-order valence-corrected chi connectivity index (χ4v) is 8.09. The van der Waals surface area contributed by atoms with Crippen LogP contribution < -0.4 is 30.9 Å². The summed E-state index contributed by atoms with van der Waals surface area (Å²) in [5.74, 6) is -3.96. The lowest BCUT2D eigenvalue weighted by atomic mass is 9.94. The summed E-state index contributed by atoms with van der Waals surface area (Å²) < 4.78 is 33.2. The van der Waals surface area contributed by atoms with Gasteiger partial charge in [-0.15, -0.1) is 6.58 Å². The molecular weight excluding hydrogens is 652 g/mol. The first-order valence-corrected chi connectivity index (χ1v) is 17.7. The van der Waals surface area contributed by atoms with E-state index in [1.54, 1.807) is 12.2 Å². The van der Waals surface area contributed by atoms with Gasteiger partial charge in [0.1, 0.15) is 29.7 Å². The zero-order chi connectivity index (χ0) is 34.3. The number of urea groups is 1. The van der Waals surface area contributed by atoms with Gasteiger partial charge in [0.2, 0.25) is 21.8 Å². The van der Waals surface area contributed by atoms with E-state index in [1.807, 2.05) is 42.5 Å². The number of hydrogen-bond donors (Lipinski definition) is 5. The van der Waals surface area contributed by atoms with E-state index < -0.39 is 68.4 Å². The molecule has 5 aliphatic rings. The van der Waals surface area contributed by atoms with Gasteiger partial charge in [-0.25, -0.2) is 18.6 Å². The molecule has 14 nitrogen and oxygen atoms in total. The molecule has 3 saturated carbocycles. The van der Waals surface area contributed by atoms with E-state index in [4.69, 9.17) is 9.57 Å². The molecule has 3 fully saturated rings. The van der Waals surface area contributed by atoms with Gasteiger partial charge in [0.15, 0.2) is 0 Å². The zero-order valence-electron chi connectivity index (χ0n) is 26.4. The Morgan fingerprint density at radius 2 is 1.78 bits per heavy atom. The van der Waals surface area contributed by atoms with Crippen LogP contribution in [0.1, 0.15) is 43.2 Å². The van der Waals surface area contributed by atoms with Gasteiger partial charge in [-0.3, -0.25) is 24.5 Å². The van der Waals surface area contributed by atoms with Crippen LogP contribution in [0.15, 0.2) is 72.4 Å². The molecule has 0 spiro atoms. The normalized spacial score (nSPS) is 29.3. The van der Waals surface area contributed by atoms with Crippen molar-refractivity contribution < 1.29 is 37.2 Å². The Kier molecular flexibility index (Phi) is 8.38. The number of hydrogen-bond acceptors (Lipinski definition) is 9. The van der Waals surface area contributed by atoms with E-state index in [9.17, 15) is 27.6 Å². The average Bonchev–Trinajstić information content (AvgIpc) is 4.00. The molecule has 5 amide bonds. The first-order valence-electron chi connectivity index (χ1n) is 16.2. The molecule has 0 aromatic heterocycles. The van der Waals surface area contributed by atoms with Crippen LogP contribution in [0.5, 0.6) is 5.75 Å². The molecule has 0 saturated heterocycles. The van der Waals surface area contributed by atoms with Crippen LogP contribution >= 0.6 is 0 Å². The Morgan fingerprint density at radius 1 is 1.00 bits per heavy atom. The number of carbonyl (C=O) groups is 4. The predicted octanol–water partition coefficient (Wildman–Crippen LogP) is 1.78. The van der Waals surface area contributed by atoms with Crippen LogP contribution in [-0.4, -0.2) is 67.9 Å². The lowest BCUT2D eigenvalue weighted by Crippen LogP contribution is -2.55. The van der Waals surface area contributed by atoms with Crippen molar-refractivity contribution in [3.8, 4) is 16.9 Å². The maximum Gasteiger partial charge on any atom is 0.333 e. The van der Waals surface area contributed by atoms with Crippen LogP contribution in [0.2, 0.25) is 0 Å². The SMILES string of the molecule is C=C[C@@H]1C[C@]1(NC(=O)[C@@H]1C[C@@H]2C[C@H]1C(=O)NNC(=O)NC/C=C/COc1ccc3c(c1)/C(=N\O2)c1ccccc1-3)C(=O)NS(=O)(=O)C1CC1. The second kappa shape index (κ2) is 12.7. The number of nitrogens with zero attached hydrogens (tertiary/aromatic N) is 1. The van der Waals surface area contributed by atoms with Gasteiger partial charge in [0.05, 0.1) is 17.1 Å². The minimum Gasteiger partial charge on any atom is -0.490 e. The van der Waals surface area contributed by atoms with Gasteiger partial charge in [0.25, 0.3) is 5.91 Å². The van der Waals surface area contributed by atoms with Gasteiger partial charge < -0.3 is 20.2 Å². The smallest absolute Gasteiger partial charge is 0.333 e. The summed E-state index contributed by atoms with van der Waals surface area (Å²) in [5.41, 5.74) is 7.33. The maximum atomic E-state index is 13.9. The molecule has 7 rings (SSSR count). The van der Waals surface area contributed by atoms with Crippen LogP contribution in [0, 0.1) is 17.8 Å². The number of carbonyl (C=O) groups excluding carboxylic acids is 4. The summed E-state index contributed by atoms with van der Waals surface area (Å²) in [6, 6.07) is 12.8. The molecule has 1 heterocycles. The van der Waals surface area contributed by atoms with E-state index in [0.717, 1.165) is 22.3 Å². The average molecular weight is 689 g/mol. The number of fused-ring (bicyclic) bond motifs is 6. The molecule has 0 unspecified atom stereocenters. The summed E-state index contributed by atoms with van der Waals surface area (Å²) in [7, 11) is -3.87. The quantitative estimate of drug-likeness (QED) is 0.242. The van der Waals surface area contributed by atoms with Crippen molar-refractivity contribution in [1.29, 1.82) is 0 Å². The van der Waals surface area contributed by atoms with Crippen molar-refractivity contribution in [3.63, 3.8) is 0 Å². The van der Waals surface area contributed by atoms with Crippen molar-refractivity contribution in [3.05, 3.63) is 78.4 Å². The second-order valence-electron chi connectivity index (χ2n) is 12.9. The minimum absolute atomic E-state index is 0.0617. The molecule has 1 aliphatic heterocycles. The Bertz CT molecular complexity index is 1910. The molecule has 15 heteroatoms. The largest absolute Gasteiger partial charge is 0.490 e. The van der Waals surface area contributed by atoms with Gasteiger partial charge in [-0.2, -0.15) is 0 Å². The van der Waals surface area contributed by atoms with Crippen LogP contribution in [0.3, 0.4) is 0 Å². The number of amides is 5. The summed E-state index contributed by atoms with van der Waals surface area (Å²) in [4.78, 5) is 59.1. The highest BCUT2D eigenvalue weighted by Gasteiger charge is 2.62. The molecule has 5 atom stereocenters. The van der Waals surface area contributed by atoms with E-state index in [-0.39, 0.29) is 32.4 Å². The summed E-state index contributed by atoms with van der Waals surface area (Å²) in [6.07, 6.45) is 5.48. The molecule has 4 bridgehead atoms. The van der Waals surface area contributed by atoms with E-state index in [1.165, 1.54) is 6.08 Å². The van der Waals surface area contributed by atoms with Crippen LogP contribution in [0.25, 0.3) is 11.1 Å². The van der Waals surface area contributed by atoms with Crippen LogP contribution in [-0.2, 0) is 29.2 Å². The third-order valence-electron chi connectivity index (χ3n) is 9.65. The molecule has 256 valence electrons. The first kappa shape index (κ1) is 32.4. The summed E-state index contributed by atoms with van der Waals surface area (Å²) in [5, 5.41) is 9.28. The highest BCUT2D eigenvalue weighted by molar-refractivity contribution is 7.91. The predicted molar refractivity (Wildman–Crippen MR) is 177 cm³/mol. The van der Waals surface area contributed by atoms with Crippen molar-refractivity contribution in [2.24, 2.45) is 22.9 Å².